The molecule has 124 valence electrons. The number of nitrogens with one attached hydrogen (secondary N) is 1. The summed E-state index contributed by atoms with van der Waals surface area (Å²) in [5.41, 5.74) is 0.769. The van der Waals surface area contributed by atoms with Crippen LogP contribution in [0.15, 0.2) is 52.9 Å². The number of halogens is 2. The molecule has 1 amide bonds. The maximum Gasteiger partial charge on any atom is 0.258 e. The number of hydrogen-bond acceptors (Lipinski definition) is 3. The van der Waals surface area contributed by atoms with Crippen molar-refractivity contribution in [3.63, 3.8) is 0 Å². The Bertz CT molecular complexity index is 845. The Morgan fingerprint density at radius 2 is 2.08 bits per heavy atom. The molecule has 0 saturated carbocycles. The van der Waals surface area contributed by atoms with Gasteiger partial charge >= 0.3 is 0 Å². The lowest BCUT2D eigenvalue weighted by atomic mass is 10.2. The summed E-state index contributed by atoms with van der Waals surface area (Å²) in [7, 11) is 0. The smallest absolute Gasteiger partial charge is 0.258 e. The van der Waals surface area contributed by atoms with Crippen molar-refractivity contribution in [3.05, 3.63) is 65.1 Å². The standard InChI is InChI=1S/C18H15ClFNO3/c1-11(17-8-12-4-2-3-5-16(12)24-17)21-18(22)10-23-13-6-7-15(20)14(19)9-13/h2-9,11H,10H2,1H3,(H,21,22)/t11-/m1/s1. The van der Waals surface area contributed by atoms with E-state index in [2.05, 4.69) is 5.32 Å². The molecule has 3 aromatic rings. The summed E-state index contributed by atoms with van der Waals surface area (Å²) in [5.74, 6) is 0.137. The Kier molecular flexibility index (Phi) is 4.71. The molecule has 1 heterocycles. The fourth-order valence-corrected chi connectivity index (χ4v) is 2.46. The van der Waals surface area contributed by atoms with Crippen LogP contribution >= 0.6 is 11.6 Å². The molecular weight excluding hydrogens is 333 g/mol. The SMILES string of the molecule is C[C@@H](NC(=O)COc1ccc(F)c(Cl)c1)c1cc2ccccc2o1. The summed E-state index contributed by atoms with van der Waals surface area (Å²) in [4.78, 5) is 12.0. The highest BCUT2D eigenvalue weighted by Crippen LogP contribution is 2.24. The minimum Gasteiger partial charge on any atom is -0.484 e. The predicted octanol–water partition coefficient (Wildman–Crippen LogP) is 4.48. The lowest BCUT2D eigenvalue weighted by molar-refractivity contribution is -0.123. The lowest BCUT2D eigenvalue weighted by Crippen LogP contribution is -2.31. The van der Waals surface area contributed by atoms with E-state index in [0.717, 1.165) is 11.0 Å². The monoisotopic (exact) mass is 347 g/mol. The Hall–Kier alpha value is -2.53. The summed E-state index contributed by atoms with van der Waals surface area (Å²) >= 11 is 5.66. The number of benzene rings is 2. The fourth-order valence-electron chi connectivity index (χ4n) is 2.29. The van der Waals surface area contributed by atoms with E-state index in [1.54, 1.807) is 0 Å². The van der Waals surface area contributed by atoms with Gasteiger partial charge in [-0.05, 0) is 31.2 Å². The highest BCUT2D eigenvalue weighted by atomic mass is 35.5. The highest BCUT2D eigenvalue weighted by Gasteiger charge is 2.14. The molecule has 0 aliphatic rings. The molecule has 0 aliphatic heterocycles. The number of carbonyl (C=O) groups excluding carboxylic acids is 1. The van der Waals surface area contributed by atoms with Crippen molar-refractivity contribution in [2.75, 3.05) is 6.61 Å². The molecule has 0 radical (unpaired) electrons. The van der Waals surface area contributed by atoms with E-state index in [1.165, 1.54) is 18.2 Å². The molecule has 0 spiro atoms. The van der Waals surface area contributed by atoms with Gasteiger partial charge in [-0.3, -0.25) is 4.79 Å². The molecule has 0 aliphatic carbocycles. The molecule has 24 heavy (non-hydrogen) atoms. The van der Waals surface area contributed by atoms with Crippen molar-refractivity contribution in [2.24, 2.45) is 0 Å². The van der Waals surface area contributed by atoms with Gasteiger partial charge in [0.25, 0.3) is 5.91 Å². The first-order valence-electron chi connectivity index (χ1n) is 7.38. The number of ether oxygens (including phenoxy) is 1. The Labute approximate surface area is 143 Å². The van der Waals surface area contributed by atoms with Crippen molar-refractivity contribution in [1.29, 1.82) is 0 Å². The summed E-state index contributed by atoms with van der Waals surface area (Å²) in [6.07, 6.45) is 0. The van der Waals surface area contributed by atoms with Gasteiger partial charge in [-0.25, -0.2) is 4.39 Å². The lowest BCUT2D eigenvalue weighted by Gasteiger charge is -2.12. The van der Waals surface area contributed by atoms with Crippen LogP contribution in [0.2, 0.25) is 5.02 Å². The van der Waals surface area contributed by atoms with Gasteiger partial charge in [0, 0.05) is 11.5 Å². The average molecular weight is 348 g/mol. The van der Waals surface area contributed by atoms with Crippen LogP contribution in [0.1, 0.15) is 18.7 Å². The molecule has 3 rings (SSSR count). The Morgan fingerprint density at radius 3 is 2.83 bits per heavy atom. The van der Waals surface area contributed by atoms with E-state index in [-0.39, 0.29) is 23.6 Å². The fraction of sp³-hybridized carbons (Fsp3) is 0.167. The van der Waals surface area contributed by atoms with Gasteiger partial charge in [0.15, 0.2) is 6.61 Å². The minimum absolute atomic E-state index is 0.0523. The van der Waals surface area contributed by atoms with Gasteiger partial charge in [-0.2, -0.15) is 0 Å². The van der Waals surface area contributed by atoms with Crippen LogP contribution < -0.4 is 10.1 Å². The van der Waals surface area contributed by atoms with Crippen LogP contribution in [0.3, 0.4) is 0 Å². The number of para-hydroxylation sites is 1. The molecule has 0 unspecified atom stereocenters. The summed E-state index contributed by atoms with van der Waals surface area (Å²) in [6, 6.07) is 13.1. The van der Waals surface area contributed by atoms with Gasteiger partial charge in [-0.1, -0.05) is 29.8 Å². The minimum atomic E-state index is -0.535. The highest BCUT2D eigenvalue weighted by molar-refractivity contribution is 6.30. The second-order valence-electron chi connectivity index (χ2n) is 5.34. The first-order chi connectivity index (χ1) is 11.5. The summed E-state index contributed by atoms with van der Waals surface area (Å²) in [6.45, 7) is 1.62. The zero-order valence-electron chi connectivity index (χ0n) is 12.9. The number of carbonyl (C=O) groups is 1. The van der Waals surface area contributed by atoms with E-state index >= 15 is 0 Å². The topological polar surface area (TPSA) is 51.5 Å². The molecule has 2 aromatic carbocycles. The van der Waals surface area contributed by atoms with Crippen LogP contribution in [-0.2, 0) is 4.79 Å². The van der Waals surface area contributed by atoms with Crippen molar-refractivity contribution < 1.29 is 18.3 Å². The van der Waals surface area contributed by atoms with Crippen molar-refractivity contribution in [3.8, 4) is 5.75 Å². The van der Waals surface area contributed by atoms with Gasteiger partial charge < -0.3 is 14.5 Å². The van der Waals surface area contributed by atoms with Crippen molar-refractivity contribution in [1.82, 2.24) is 5.32 Å². The molecule has 0 bridgehead atoms. The number of hydrogen-bond donors (Lipinski definition) is 1. The van der Waals surface area contributed by atoms with E-state index in [1.807, 2.05) is 37.3 Å². The van der Waals surface area contributed by atoms with Crippen molar-refractivity contribution >= 4 is 28.5 Å². The number of amides is 1. The zero-order chi connectivity index (χ0) is 17.1. The number of furan rings is 1. The third-order valence-corrected chi connectivity index (χ3v) is 3.80. The number of fused-ring (bicyclic) bond motifs is 1. The quantitative estimate of drug-likeness (QED) is 0.740. The normalized spacial score (nSPS) is 12.1. The Morgan fingerprint density at radius 1 is 1.29 bits per heavy atom. The average Bonchev–Trinajstić information content (AvgIpc) is 3.00. The van der Waals surface area contributed by atoms with E-state index in [4.69, 9.17) is 20.8 Å². The summed E-state index contributed by atoms with van der Waals surface area (Å²) < 4.78 is 24.1. The van der Waals surface area contributed by atoms with E-state index in [9.17, 15) is 9.18 Å². The second kappa shape index (κ2) is 6.93. The van der Waals surface area contributed by atoms with Crippen LogP contribution in [0.5, 0.6) is 5.75 Å². The van der Waals surface area contributed by atoms with E-state index in [0.29, 0.717) is 11.5 Å². The van der Waals surface area contributed by atoms with Crippen molar-refractivity contribution in [2.45, 2.75) is 13.0 Å². The first kappa shape index (κ1) is 16.3. The second-order valence-corrected chi connectivity index (χ2v) is 5.75. The summed E-state index contributed by atoms with van der Waals surface area (Å²) in [5, 5.41) is 3.71. The van der Waals surface area contributed by atoms with Crippen LogP contribution in [0.4, 0.5) is 4.39 Å². The van der Waals surface area contributed by atoms with Crippen LogP contribution in [-0.4, -0.2) is 12.5 Å². The van der Waals surface area contributed by atoms with Gasteiger partial charge in [-0.15, -0.1) is 0 Å². The molecule has 1 N–H and O–H groups in total. The zero-order valence-corrected chi connectivity index (χ0v) is 13.6. The Balaban J connectivity index is 1.58. The molecule has 0 saturated heterocycles. The predicted molar refractivity (Wildman–Crippen MR) is 89.7 cm³/mol. The largest absolute Gasteiger partial charge is 0.484 e. The van der Waals surface area contributed by atoms with Crippen LogP contribution in [0, 0.1) is 5.82 Å². The molecule has 6 heteroatoms. The molecule has 0 fully saturated rings. The van der Waals surface area contributed by atoms with Crippen LogP contribution in [0.25, 0.3) is 11.0 Å². The molecule has 1 aromatic heterocycles. The maximum absolute atomic E-state index is 13.1. The molecule has 1 atom stereocenters. The van der Waals surface area contributed by atoms with Gasteiger partial charge in [0.2, 0.25) is 0 Å². The van der Waals surface area contributed by atoms with Gasteiger partial charge in [0.05, 0.1) is 11.1 Å². The molecular formula is C18H15ClFNO3. The van der Waals surface area contributed by atoms with E-state index < -0.39 is 5.82 Å². The first-order valence-corrected chi connectivity index (χ1v) is 7.76. The van der Waals surface area contributed by atoms with Gasteiger partial charge in [0.1, 0.15) is 22.9 Å². The third-order valence-electron chi connectivity index (χ3n) is 3.51. The molecule has 4 nitrogen and oxygen atoms in total. The third kappa shape index (κ3) is 3.68. The maximum atomic E-state index is 13.1. The number of rotatable bonds is 5.